The van der Waals surface area contributed by atoms with Crippen LogP contribution < -0.4 is 10.5 Å². The lowest BCUT2D eigenvalue weighted by Gasteiger charge is -2.29. The fourth-order valence-corrected chi connectivity index (χ4v) is 5.34. The Morgan fingerprint density at radius 1 is 0.905 bits per heavy atom. The molecule has 0 aliphatic carbocycles. The van der Waals surface area contributed by atoms with Gasteiger partial charge >= 0.3 is 11.6 Å². The largest absolute Gasteiger partial charge is 0.478 e. The van der Waals surface area contributed by atoms with Crippen LogP contribution in [0.1, 0.15) is 118 Å². The molecule has 226 valence electrons. The predicted octanol–water partition coefficient (Wildman–Crippen LogP) is 9.16. The highest BCUT2D eigenvalue weighted by atomic mass is 16.4. The number of hydrogen-bond donors (Lipinski definition) is 1. The maximum Gasteiger partial charge on any atom is 0.347 e. The summed E-state index contributed by atoms with van der Waals surface area (Å²) in [6.07, 6.45) is 13.9. The van der Waals surface area contributed by atoms with Gasteiger partial charge in [0.2, 0.25) is 0 Å². The molecule has 0 fully saturated rings. The fraction of sp³-hybridized carbons (Fsp3) is 0.472. The van der Waals surface area contributed by atoms with Crippen molar-refractivity contribution < 1.29 is 19.1 Å². The molecule has 42 heavy (non-hydrogen) atoms. The number of carboxylic acid groups (broad SMARTS) is 1. The summed E-state index contributed by atoms with van der Waals surface area (Å²) in [5.41, 5.74) is 2.07. The molecule has 1 atom stereocenters. The van der Waals surface area contributed by atoms with Gasteiger partial charge in [0.1, 0.15) is 11.1 Å². The first-order valence-electron chi connectivity index (χ1n) is 15.7. The summed E-state index contributed by atoms with van der Waals surface area (Å²) in [4.78, 5) is 39.7. The quantitative estimate of drug-likeness (QED) is 0.0706. The molecule has 0 aliphatic rings. The van der Waals surface area contributed by atoms with E-state index in [4.69, 9.17) is 9.52 Å². The van der Waals surface area contributed by atoms with Gasteiger partial charge in [0.15, 0.2) is 5.78 Å². The van der Waals surface area contributed by atoms with Gasteiger partial charge in [-0.3, -0.25) is 4.79 Å². The van der Waals surface area contributed by atoms with Crippen LogP contribution in [0.25, 0.3) is 17.0 Å². The summed E-state index contributed by atoms with van der Waals surface area (Å²) in [6.45, 7) is 10.3. The average Bonchev–Trinajstić information content (AvgIpc) is 2.99. The first-order valence-corrected chi connectivity index (χ1v) is 15.7. The van der Waals surface area contributed by atoms with Crippen molar-refractivity contribution in [3.05, 3.63) is 81.2 Å². The van der Waals surface area contributed by atoms with E-state index in [1.165, 1.54) is 63.5 Å². The van der Waals surface area contributed by atoms with Crippen molar-refractivity contribution in [3.8, 4) is 0 Å². The molecule has 3 rings (SSSR count). The van der Waals surface area contributed by atoms with Crippen molar-refractivity contribution in [2.75, 3.05) is 18.0 Å². The Morgan fingerprint density at radius 2 is 1.60 bits per heavy atom. The van der Waals surface area contributed by atoms with Crippen LogP contribution in [0.5, 0.6) is 0 Å². The van der Waals surface area contributed by atoms with Crippen molar-refractivity contribution in [3.63, 3.8) is 0 Å². The van der Waals surface area contributed by atoms with Gasteiger partial charge in [0.05, 0.1) is 5.56 Å². The molecule has 1 unspecified atom stereocenters. The third kappa shape index (κ3) is 9.43. The maximum absolute atomic E-state index is 13.2. The van der Waals surface area contributed by atoms with Gasteiger partial charge in [-0.1, -0.05) is 84.3 Å². The zero-order valence-corrected chi connectivity index (χ0v) is 25.8. The fourth-order valence-electron chi connectivity index (χ4n) is 5.34. The summed E-state index contributed by atoms with van der Waals surface area (Å²) >= 11 is 0. The van der Waals surface area contributed by atoms with Gasteiger partial charge in [-0.15, -0.1) is 0 Å². The third-order valence-corrected chi connectivity index (χ3v) is 8.03. The number of carboxylic acids is 1. The standard InChI is InChI=1S/C36H47NO5/c1-5-8-10-11-12-13-21-37(25-27(7-3)14-9-6-2)31-20-19-30-23-32(36(41)42-33(30)24-31)34(38)26(4)22-28-15-17-29(18-16-28)35(39)40/h15-20,22-24,27H,5-14,21,25H2,1-4H3,(H,39,40). The number of anilines is 1. The molecule has 3 aromatic rings. The van der Waals surface area contributed by atoms with E-state index in [1.54, 1.807) is 31.2 Å². The molecule has 6 heteroatoms. The second-order valence-electron chi connectivity index (χ2n) is 11.4. The zero-order chi connectivity index (χ0) is 30.5. The molecule has 0 bridgehead atoms. The van der Waals surface area contributed by atoms with E-state index >= 15 is 0 Å². The molecule has 0 radical (unpaired) electrons. The number of benzene rings is 2. The molecule has 0 saturated carbocycles. The minimum atomic E-state index is -1.01. The Bertz CT molecular complexity index is 1400. The Balaban J connectivity index is 1.83. The lowest BCUT2D eigenvalue weighted by molar-refractivity contribution is 0.0696. The summed E-state index contributed by atoms with van der Waals surface area (Å²) in [5.74, 6) is -0.811. The average molecular weight is 574 g/mol. The molecule has 0 saturated heterocycles. The maximum atomic E-state index is 13.2. The lowest BCUT2D eigenvalue weighted by Crippen LogP contribution is -2.30. The SMILES string of the molecule is CCCCCCCCN(CC(CC)CCCC)c1ccc2cc(C(=O)C(C)=Cc3ccc(C(=O)O)cc3)c(=O)oc2c1. The van der Waals surface area contributed by atoms with Gasteiger partial charge in [-0.05, 0) is 73.2 Å². The minimum Gasteiger partial charge on any atom is -0.478 e. The second-order valence-corrected chi connectivity index (χ2v) is 11.4. The Morgan fingerprint density at radius 3 is 2.26 bits per heavy atom. The number of ketones is 1. The van der Waals surface area contributed by atoms with E-state index in [0.717, 1.165) is 31.6 Å². The van der Waals surface area contributed by atoms with Gasteiger partial charge in [-0.2, -0.15) is 0 Å². The molecule has 6 nitrogen and oxygen atoms in total. The number of allylic oxidation sites excluding steroid dienone is 1. The van der Waals surface area contributed by atoms with E-state index in [-0.39, 0.29) is 11.1 Å². The normalized spacial score (nSPS) is 12.4. The monoisotopic (exact) mass is 573 g/mol. The van der Waals surface area contributed by atoms with Gasteiger partial charge < -0.3 is 14.4 Å². The molecule has 0 amide bonds. The molecule has 2 aromatic carbocycles. The summed E-state index contributed by atoms with van der Waals surface area (Å²) in [7, 11) is 0. The summed E-state index contributed by atoms with van der Waals surface area (Å²) in [6, 6.07) is 13.8. The first-order chi connectivity index (χ1) is 20.3. The molecular formula is C36H47NO5. The van der Waals surface area contributed by atoms with Crippen molar-refractivity contribution in [2.24, 2.45) is 5.92 Å². The highest BCUT2D eigenvalue weighted by molar-refractivity contribution is 6.11. The number of carbonyl (C=O) groups is 2. The van der Waals surface area contributed by atoms with Crippen LogP contribution in [0, 0.1) is 5.92 Å². The third-order valence-electron chi connectivity index (χ3n) is 8.03. The number of rotatable bonds is 18. The van der Waals surface area contributed by atoms with Crippen molar-refractivity contribution in [1.82, 2.24) is 0 Å². The zero-order valence-electron chi connectivity index (χ0n) is 25.8. The molecule has 1 N–H and O–H groups in total. The second kappa shape index (κ2) is 16.7. The highest BCUT2D eigenvalue weighted by Crippen LogP contribution is 2.26. The van der Waals surface area contributed by atoms with Crippen LogP contribution in [0.3, 0.4) is 0 Å². The van der Waals surface area contributed by atoms with E-state index < -0.39 is 17.4 Å². The molecule has 1 heterocycles. The van der Waals surface area contributed by atoms with E-state index in [9.17, 15) is 14.4 Å². The Labute approximate surface area is 250 Å². The van der Waals surface area contributed by atoms with E-state index in [0.29, 0.717) is 28.0 Å². The van der Waals surface area contributed by atoms with Crippen LogP contribution >= 0.6 is 0 Å². The van der Waals surface area contributed by atoms with Crippen LogP contribution in [-0.4, -0.2) is 29.9 Å². The van der Waals surface area contributed by atoms with Crippen molar-refractivity contribution >= 4 is 34.5 Å². The summed E-state index contributed by atoms with van der Waals surface area (Å²) < 4.78 is 5.72. The van der Waals surface area contributed by atoms with Crippen molar-refractivity contribution in [2.45, 2.75) is 91.9 Å². The van der Waals surface area contributed by atoms with Gasteiger partial charge in [-0.25, -0.2) is 9.59 Å². The first kappa shape index (κ1) is 32.8. The van der Waals surface area contributed by atoms with Gasteiger partial charge in [0, 0.05) is 30.2 Å². The Hall–Kier alpha value is -3.67. The molecular weight excluding hydrogens is 526 g/mol. The van der Waals surface area contributed by atoms with E-state index in [2.05, 4.69) is 31.7 Å². The number of hydrogen-bond acceptors (Lipinski definition) is 5. The smallest absolute Gasteiger partial charge is 0.347 e. The number of aromatic carboxylic acids is 1. The number of fused-ring (bicyclic) bond motifs is 1. The lowest BCUT2D eigenvalue weighted by atomic mass is 9.98. The summed E-state index contributed by atoms with van der Waals surface area (Å²) in [5, 5.41) is 9.80. The highest BCUT2D eigenvalue weighted by Gasteiger charge is 2.18. The van der Waals surface area contributed by atoms with Crippen molar-refractivity contribution in [1.29, 1.82) is 0 Å². The van der Waals surface area contributed by atoms with Gasteiger partial charge in [0.25, 0.3) is 0 Å². The Kier molecular flexibility index (Phi) is 13.1. The topological polar surface area (TPSA) is 87.8 Å². The molecule has 0 spiro atoms. The number of carbonyl (C=O) groups excluding carboxylic acids is 1. The van der Waals surface area contributed by atoms with Crippen LogP contribution in [0.2, 0.25) is 0 Å². The van der Waals surface area contributed by atoms with Crippen LogP contribution in [-0.2, 0) is 0 Å². The van der Waals surface area contributed by atoms with Crippen LogP contribution in [0.4, 0.5) is 5.69 Å². The van der Waals surface area contributed by atoms with Crippen LogP contribution in [0.15, 0.2) is 63.3 Å². The van der Waals surface area contributed by atoms with E-state index in [1.807, 2.05) is 12.1 Å². The minimum absolute atomic E-state index is 0.0132. The molecule has 1 aromatic heterocycles. The number of nitrogens with zero attached hydrogens (tertiary/aromatic N) is 1. The molecule has 0 aliphatic heterocycles. The predicted molar refractivity (Wildman–Crippen MR) is 173 cm³/mol. The number of Topliss-reactive ketones (excluding diaryl/α,β-unsaturated/α-hetero) is 1. The number of unbranched alkanes of at least 4 members (excludes halogenated alkanes) is 6.